The lowest BCUT2D eigenvalue weighted by atomic mass is 10.0. The lowest BCUT2D eigenvalue weighted by Gasteiger charge is -2.48. The molecule has 2 aliphatic rings. The van der Waals surface area contributed by atoms with Crippen molar-refractivity contribution < 1.29 is 28.7 Å². The van der Waals surface area contributed by atoms with Gasteiger partial charge in [-0.1, -0.05) is 16.5 Å². The van der Waals surface area contributed by atoms with Gasteiger partial charge in [0.2, 0.25) is 5.13 Å². The van der Waals surface area contributed by atoms with E-state index < -0.39 is 40.0 Å². The van der Waals surface area contributed by atoms with Crippen LogP contribution >= 0.6 is 23.1 Å². The Labute approximate surface area is 154 Å². The largest absolute Gasteiger partial charge is 0.477 e. The van der Waals surface area contributed by atoms with Crippen LogP contribution < -0.4 is 5.32 Å². The van der Waals surface area contributed by atoms with E-state index in [1.165, 1.54) is 24.9 Å². The van der Waals surface area contributed by atoms with Crippen LogP contribution in [0.1, 0.15) is 10.7 Å². The predicted molar refractivity (Wildman–Crippen MR) is 91.1 cm³/mol. The number of carboxylic acids is 1. The molecule has 3 rings (SSSR count). The third kappa shape index (κ3) is 3.05. The summed E-state index contributed by atoms with van der Waals surface area (Å²) in [6.07, 6.45) is 1.44. The summed E-state index contributed by atoms with van der Waals surface area (Å²) in [5, 5.41) is 14.3. The van der Waals surface area contributed by atoms with Crippen molar-refractivity contribution in [1.82, 2.24) is 15.2 Å². The highest BCUT2D eigenvalue weighted by molar-refractivity contribution is 8.00. The van der Waals surface area contributed by atoms with Gasteiger partial charge in [0, 0.05) is 5.75 Å². The molecule has 2 N–H and O–H groups in total. The molecule has 1 saturated heterocycles. The van der Waals surface area contributed by atoms with Crippen molar-refractivity contribution in [2.24, 2.45) is 5.16 Å². The zero-order chi connectivity index (χ0) is 19.0. The fraction of sp³-hybridized carbons (Fsp3) is 0.357. The van der Waals surface area contributed by atoms with E-state index in [0.717, 1.165) is 16.2 Å². The first-order chi connectivity index (χ1) is 12.3. The van der Waals surface area contributed by atoms with Crippen molar-refractivity contribution >= 4 is 46.6 Å². The maximum atomic E-state index is 14.0. The number of amides is 2. The van der Waals surface area contributed by atoms with Gasteiger partial charge in [-0.25, -0.2) is 9.78 Å². The molecule has 12 heteroatoms. The van der Waals surface area contributed by atoms with E-state index in [1.807, 2.05) is 0 Å². The number of carboxylic acid groups (broad SMARTS) is 1. The summed E-state index contributed by atoms with van der Waals surface area (Å²) in [7, 11) is 1.20. The molecule has 138 valence electrons. The first-order valence-electron chi connectivity index (χ1n) is 7.28. The Kier molecular flexibility index (Phi) is 4.96. The van der Waals surface area contributed by atoms with Crippen LogP contribution in [0.5, 0.6) is 0 Å². The number of thiazole rings is 1. The number of oxime groups is 1. The van der Waals surface area contributed by atoms with Gasteiger partial charge >= 0.3 is 5.97 Å². The number of fused-ring (bicyclic) bond motifs is 1. The fourth-order valence-corrected chi connectivity index (χ4v) is 4.41. The van der Waals surface area contributed by atoms with Gasteiger partial charge in [0.25, 0.3) is 11.8 Å². The van der Waals surface area contributed by atoms with Crippen LogP contribution in [0.2, 0.25) is 0 Å². The van der Waals surface area contributed by atoms with Gasteiger partial charge in [-0.3, -0.25) is 14.5 Å². The number of aliphatic carboxylic acids is 1. The van der Waals surface area contributed by atoms with Crippen molar-refractivity contribution in [2.75, 3.05) is 12.9 Å². The van der Waals surface area contributed by atoms with E-state index in [1.54, 1.807) is 6.92 Å². The maximum absolute atomic E-state index is 14.0. The molecule has 0 aromatic carbocycles. The molecule has 2 amide bonds. The molecular weight excluding hydrogens is 386 g/mol. The van der Waals surface area contributed by atoms with Crippen LogP contribution in [0.25, 0.3) is 0 Å². The van der Waals surface area contributed by atoms with Crippen LogP contribution in [0.3, 0.4) is 0 Å². The lowest BCUT2D eigenvalue weighted by Crippen LogP contribution is -2.70. The van der Waals surface area contributed by atoms with Crippen molar-refractivity contribution in [3.8, 4) is 0 Å². The van der Waals surface area contributed by atoms with Gasteiger partial charge < -0.3 is 15.3 Å². The molecule has 1 aromatic heterocycles. The number of carbonyl (C=O) groups excluding carboxylic acids is 2. The minimum absolute atomic E-state index is 0.115. The summed E-state index contributed by atoms with van der Waals surface area (Å²) in [5.41, 5.74) is -0.774. The van der Waals surface area contributed by atoms with Crippen LogP contribution in [-0.4, -0.2) is 62.8 Å². The number of rotatable bonds is 5. The van der Waals surface area contributed by atoms with E-state index in [0.29, 0.717) is 10.8 Å². The average Bonchev–Trinajstić information content (AvgIpc) is 2.94. The molecule has 2 atom stereocenters. The molecule has 3 heterocycles. The van der Waals surface area contributed by atoms with Crippen molar-refractivity contribution in [3.63, 3.8) is 0 Å². The maximum Gasteiger partial charge on any atom is 0.352 e. The number of thioether (sulfide) groups is 1. The first-order valence-corrected chi connectivity index (χ1v) is 9.15. The van der Waals surface area contributed by atoms with Crippen molar-refractivity contribution in [2.45, 2.75) is 18.3 Å². The second kappa shape index (κ2) is 7.03. The number of aromatic nitrogens is 1. The van der Waals surface area contributed by atoms with Crippen molar-refractivity contribution in [3.05, 3.63) is 27.6 Å². The third-order valence-corrected chi connectivity index (χ3v) is 5.61. The molecule has 1 aromatic rings. The fourth-order valence-electron chi connectivity index (χ4n) is 2.58. The van der Waals surface area contributed by atoms with E-state index in [2.05, 4.69) is 20.3 Å². The molecule has 1 fully saturated rings. The highest BCUT2D eigenvalue weighted by Crippen LogP contribution is 2.37. The molecule has 2 aliphatic heterocycles. The predicted octanol–water partition coefficient (Wildman–Crippen LogP) is 0.310. The molecule has 0 spiro atoms. The summed E-state index contributed by atoms with van der Waals surface area (Å²) < 4.78 is 14.0. The number of aryl methyl sites for hydroxylation is 1. The number of hydrogen-bond donors (Lipinski definition) is 2. The first kappa shape index (κ1) is 18.3. The number of hydrogen-bond acceptors (Lipinski definition) is 8. The zero-order valence-electron chi connectivity index (χ0n) is 13.6. The van der Waals surface area contributed by atoms with E-state index in [4.69, 9.17) is 5.11 Å². The number of β-lactam (4-membered cyclic amide) rings is 1. The molecule has 9 nitrogen and oxygen atoms in total. The van der Waals surface area contributed by atoms with Gasteiger partial charge in [0.15, 0.2) is 5.71 Å². The molecule has 26 heavy (non-hydrogen) atoms. The van der Waals surface area contributed by atoms with E-state index >= 15 is 0 Å². The Morgan fingerprint density at radius 2 is 2.27 bits per heavy atom. The van der Waals surface area contributed by atoms with Crippen LogP contribution in [0.15, 0.2) is 16.9 Å². The topological polar surface area (TPSA) is 121 Å². The second-order valence-electron chi connectivity index (χ2n) is 5.26. The molecule has 0 radical (unpaired) electrons. The SMILES string of the molecule is CO/N=C(\C(=O)N[C@@H]1C(=O)N2C(C(=O)O)=CCS[C@H]12)c1nc(C)sc1[18F]. The van der Waals surface area contributed by atoms with Crippen LogP contribution in [0, 0.1) is 12.1 Å². The smallest absolute Gasteiger partial charge is 0.352 e. The number of carbonyl (C=O) groups is 3. The van der Waals surface area contributed by atoms with Gasteiger partial charge in [-0.05, 0) is 13.0 Å². The quantitative estimate of drug-likeness (QED) is 0.415. The number of halogens is 1. The van der Waals surface area contributed by atoms with Gasteiger partial charge in [0.05, 0.1) is 5.01 Å². The number of nitrogens with one attached hydrogen (secondary N) is 1. The average molecular weight is 399 g/mol. The number of nitrogens with zero attached hydrogens (tertiary/aromatic N) is 3. The standard InChI is InChI=1S/C14H13FN4O5S2/c1-5-16-7(10(15)26-5)8(18-24-2)11(20)17-9-12(21)19-6(14(22)23)3-4-25-13(9)19/h3,9,13H,4H2,1-2H3,(H,17,20)(H,22,23)/b18-8-/t9-,13-/m1/s1/i15-1. The van der Waals surface area contributed by atoms with Gasteiger partial charge in [0.1, 0.15) is 29.9 Å². The highest BCUT2D eigenvalue weighted by Gasteiger charge is 2.53. The van der Waals surface area contributed by atoms with Crippen LogP contribution in [0.4, 0.5) is 4.39 Å². The molecule has 0 aliphatic carbocycles. The Hall–Kier alpha value is -2.47. The minimum Gasteiger partial charge on any atom is -0.477 e. The Morgan fingerprint density at radius 3 is 2.85 bits per heavy atom. The minimum atomic E-state index is -1.21. The molecule has 0 saturated carbocycles. The van der Waals surface area contributed by atoms with E-state index in [9.17, 15) is 18.8 Å². The second-order valence-corrected chi connectivity index (χ2v) is 7.56. The van der Waals surface area contributed by atoms with Crippen LogP contribution in [-0.2, 0) is 19.2 Å². The summed E-state index contributed by atoms with van der Waals surface area (Å²) in [5.74, 6) is -2.21. The molecule has 0 bridgehead atoms. The molecule has 0 unspecified atom stereocenters. The Bertz CT molecular complexity index is 852. The summed E-state index contributed by atoms with van der Waals surface area (Å²) in [6.45, 7) is 1.57. The summed E-state index contributed by atoms with van der Waals surface area (Å²) in [4.78, 5) is 45.6. The Morgan fingerprint density at radius 1 is 1.54 bits per heavy atom. The zero-order valence-corrected chi connectivity index (χ0v) is 15.2. The summed E-state index contributed by atoms with van der Waals surface area (Å²) in [6, 6.07) is -0.944. The monoisotopic (exact) mass is 399 g/mol. The highest BCUT2D eigenvalue weighted by atomic mass is 32.2. The van der Waals surface area contributed by atoms with Crippen molar-refractivity contribution in [1.29, 1.82) is 0 Å². The lowest BCUT2D eigenvalue weighted by molar-refractivity contribution is -0.150. The molecular formula is C14H13FN4O5S2. The van der Waals surface area contributed by atoms with E-state index in [-0.39, 0.29) is 11.4 Å². The normalized spacial score (nSPS) is 22.3. The summed E-state index contributed by atoms with van der Waals surface area (Å²) >= 11 is 2.06. The third-order valence-electron chi connectivity index (χ3n) is 3.67. The van der Waals surface area contributed by atoms with Gasteiger partial charge in [-0.15, -0.1) is 11.8 Å². The van der Waals surface area contributed by atoms with Gasteiger partial charge in [-0.2, -0.15) is 4.39 Å². The Balaban J connectivity index is 1.79.